The van der Waals surface area contributed by atoms with Crippen LogP contribution in [0.3, 0.4) is 0 Å². The average molecular weight is 1130 g/mol. The molecule has 2 aliphatic heterocycles. The zero-order valence-electron chi connectivity index (χ0n) is 48.8. The van der Waals surface area contributed by atoms with Gasteiger partial charge < -0.3 is 78.4 Å². The Hall–Kier alpha value is -1.16. The van der Waals surface area contributed by atoms with Crippen molar-refractivity contribution in [3.8, 4) is 0 Å². The monoisotopic (exact) mass is 1120 g/mol. The van der Waals surface area contributed by atoms with Crippen molar-refractivity contribution >= 4 is 13.7 Å². The molecule has 77 heavy (non-hydrogen) atoms. The molecule has 0 radical (unpaired) electrons. The molecule has 0 aliphatic carbocycles. The molecule has 0 aromatic heterocycles. The molecule has 0 spiro atoms. The van der Waals surface area contributed by atoms with Gasteiger partial charge in [0.15, 0.2) is 12.6 Å². The fourth-order valence-electron chi connectivity index (χ4n) is 9.69. The van der Waals surface area contributed by atoms with Gasteiger partial charge in [-0.25, -0.2) is 0 Å². The summed E-state index contributed by atoms with van der Waals surface area (Å²) < 4.78 is 45.6. The van der Waals surface area contributed by atoms with Gasteiger partial charge >= 0.3 is 0 Å². The molecule has 2 saturated heterocycles. The topological polar surface area (TPSA) is 266 Å². The molecular formula is C58H113N2O16P. The molecule has 2 rings (SSSR count). The number of quaternary nitrogens is 1. The number of allylic oxidation sites excluding steroid dienone is 1. The van der Waals surface area contributed by atoms with Crippen LogP contribution >= 0.6 is 7.82 Å². The summed E-state index contributed by atoms with van der Waals surface area (Å²) in [6.07, 6.45) is 22.2. The highest BCUT2D eigenvalue weighted by Crippen LogP contribution is 2.39. The highest BCUT2D eigenvalue weighted by Gasteiger charge is 2.48. The van der Waals surface area contributed by atoms with E-state index in [4.69, 9.17) is 28.0 Å². The van der Waals surface area contributed by atoms with Crippen LogP contribution in [0.25, 0.3) is 0 Å². The second-order valence-electron chi connectivity index (χ2n) is 23.6. The van der Waals surface area contributed by atoms with Crippen LogP contribution in [0, 0.1) is 5.92 Å². The van der Waals surface area contributed by atoms with Crippen LogP contribution in [0.4, 0.5) is 0 Å². The van der Waals surface area contributed by atoms with E-state index in [1.54, 1.807) is 6.08 Å². The average Bonchev–Trinajstić information content (AvgIpc) is 3.37. The van der Waals surface area contributed by atoms with Gasteiger partial charge in [0.2, 0.25) is 5.91 Å². The molecule has 0 aromatic carbocycles. The van der Waals surface area contributed by atoms with Crippen molar-refractivity contribution in [1.82, 2.24) is 5.32 Å². The molecule has 2 heterocycles. The summed E-state index contributed by atoms with van der Waals surface area (Å²) in [4.78, 5) is 25.7. The van der Waals surface area contributed by atoms with Gasteiger partial charge in [-0.2, -0.15) is 0 Å². The van der Waals surface area contributed by atoms with Crippen molar-refractivity contribution in [2.75, 3.05) is 54.1 Å². The minimum atomic E-state index is -4.86. The zero-order valence-corrected chi connectivity index (χ0v) is 49.7. The Kier molecular flexibility index (Phi) is 39.8. The van der Waals surface area contributed by atoms with E-state index in [2.05, 4.69) is 26.1 Å². The zero-order chi connectivity index (χ0) is 56.9. The quantitative estimate of drug-likeness (QED) is 0.0124. The van der Waals surface area contributed by atoms with Gasteiger partial charge in [0.25, 0.3) is 7.82 Å². The van der Waals surface area contributed by atoms with Gasteiger partial charge in [0.1, 0.15) is 62.0 Å². The van der Waals surface area contributed by atoms with E-state index in [-0.39, 0.29) is 25.5 Å². The number of nitrogens with one attached hydrogen (secondary N) is 1. The number of rotatable bonds is 48. The number of ether oxygens (including phenoxy) is 4. The molecule has 2 aliphatic rings. The molecule has 19 heteroatoms. The van der Waals surface area contributed by atoms with Crippen LogP contribution in [0.5, 0.6) is 0 Å². The molecule has 1 unspecified atom stereocenters. The van der Waals surface area contributed by atoms with Gasteiger partial charge in [0, 0.05) is 6.42 Å². The van der Waals surface area contributed by atoms with Crippen LogP contribution in [0.2, 0.25) is 0 Å². The summed E-state index contributed by atoms with van der Waals surface area (Å²) in [5.41, 5.74) is 0. The maximum atomic E-state index is 13.3. The molecule has 8 N–H and O–H groups in total. The fourth-order valence-corrected chi connectivity index (χ4v) is 10.4. The summed E-state index contributed by atoms with van der Waals surface area (Å²) in [5, 5.41) is 78.8. The fraction of sp³-hybridized carbons (Fsp3) is 0.948. The molecule has 0 bridgehead atoms. The first-order valence-corrected chi connectivity index (χ1v) is 31.9. The lowest BCUT2D eigenvalue weighted by Gasteiger charge is -2.43. The molecular weight excluding hydrogens is 1010 g/mol. The predicted octanol–water partition coefficient (Wildman–Crippen LogP) is 8.01. The Balaban J connectivity index is 1.90. The predicted molar refractivity (Wildman–Crippen MR) is 298 cm³/mol. The highest BCUT2D eigenvalue weighted by molar-refractivity contribution is 7.45. The van der Waals surface area contributed by atoms with Gasteiger partial charge in [-0.3, -0.25) is 9.36 Å². The minimum absolute atomic E-state index is 0.174. The summed E-state index contributed by atoms with van der Waals surface area (Å²) >= 11 is 0. The Morgan fingerprint density at radius 3 is 1.49 bits per heavy atom. The lowest BCUT2D eigenvalue weighted by molar-refractivity contribution is -0.870. The Labute approximate surface area is 465 Å². The number of unbranched alkanes of at least 4 members (excludes halogenated alkanes) is 27. The van der Waals surface area contributed by atoms with Crippen LogP contribution in [0.1, 0.15) is 220 Å². The normalized spacial score (nSPS) is 25.9. The van der Waals surface area contributed by atoms with Crippen LogP contribution in [-0.2, 0) is 37.4 Å². The number of phosphoric ester groups is 1. The first-order valence-electron chi connectivity index (χ1n) is 30.4. The number of carbonyl (C=O) groups excluding carboxylic acids is 1. The van der Waals surface area contributed by atoms with Gasteiger partial charge in [0.05, 0.1) is 53.1 Å². The minimum Gasteiger partial charge on any atom is -0.756 e. The first kappa shape index (κ1) is 71.9. The van der Waals surface area contributed by atoms with Crippen molar-refractivity contribution < 1.29 is 82.5 Å². The molecule has 18 nitrogen and oxygen atoms in total. The van der Waals surface area contributed by atoms with Crippen LogP contribution in [0.15, 0.2) is 12.2 Å². The van der Waals surface area contributed by atoms with E-state index in [1.165, 1.54) is 141 Å². The van der Waals surface area contributed by atoms with E-state index in [0.717, 1.165) is 50.9 Å². The number of aliphatic hydroxyl groups excluding tert-OH is 7. The van der Waals surface area contributed by atoms with Gasteiger partial charge in [-0.05, 0) is 25.2 Å². The van der Waals surface area contributed by atoms with E-state index in [0.29, 0.717) is 17.4 Å². The van der Waals surface area contributed by atoms with Crippen molar-refractivity contribution in [3.63, 3.8) is 0 Å². The van der Waals surface area contributed by atoms with E-state index in [1.807, 2.05) is 27.2 Å². The Morgan fingerprint density at radius 1 is 0.597 bits per heavy atom. The molecule has 13 atom stereocenters. The standard InChI is InChI=1S/C58H113N2O16P/c1-7-8-9-10-11-12-13-14-15-16-17-18-19-20-24-27-30-33-36-39-50(62)59-46(47(61)38-35-32-29-26-23-21-22-25-28-31-34-37-45(2)3)42-71-57-55(67)53(65)51(63)48(75-57)43-72-58-56(68)54(66)52(64)49(76-58)44-74-77(69,70)73-41-40-60(4,5)6/h35,38,45-49,51-58,61,63-68H,7-34,36-37,39-44H2,1-6H3,(H-,59,62,69,70)/b38-35+/t46-,47+,48+,49+,51-,52-,53-,54-,55+,56+,57+,58+/m0/s1. The van der Waals surface area contributed by atoms with Crippen molar-refractivity contribution in [2.45, 2.75) is 293 Å². The summed E-state index contributed by atoms with van der Waals surface area (Å²) in [5.74, 6) is 0.500. The van der Waals surface area contributed by atoms with Gasteiger partial charge in [-0.15, -0.1) is 0 Å². The SMILES string of the molecule is CCCCCCCCCCCCCCCCCCCCCC(=O)N[C@@H](CO[C@@H]1O[C@H](CO[C@@H]2O[C@H](COP(=O)([O-])OCC[N+](C)(C)C)[C@H](O)[C@H](O)[C@H]2O)[C@H](O)[C@H](O)[C@H]1O)[C@H](O)/C=C/CCCCCCCCCCCC(C)C. The lowest BCUT2D eigenvalue weighted by atomic mass is 9.98. The second kappa shape index (κ2) is 42.6. The number of likely N-dealkylation sites (N-methyl/N-ethyl adjacent to an activating group) is 1. The third-order valence-corrected chi connectivity index (χ3v) is 15.8. The molecule has 0 saturated carbocycles. The summed E-state index contributed by atoms with van der Waals surface area (Å²) in [7, 11) is 0.683. The number of aliphatic hydroxyl groups is 7. The van der Waals surface area contributed by atoms with Gasteiger partial charge in [-0.1, -0.05) is 206 Å². The number of hydrogen-bond donors (Lipinski definition) is 8. The van der Waals surface area contributed by atoms with Crippen molar-refractivity contribution in [1.29, 1.82) is 0 Å². The second-order valence-corrected chi connectivity index (χ2v) is 25.1. The highest BCUT2D eigenvalue weighted by atomic mass is 31.2. The number of nitrogens with zero attached hydrogens (tertiary/aromatic N) is 1. The maximum Gasteiger partial charge on any atom is 0.268 e. The third-order valence-electron chi connectivity index (χ3n) is 14.9. The molecule has 0 aromatic rings. The largest absolute Gasteiger partial charge is 0.756 e. The van der Waals surface area contributed by atoms with E-state index in [9.17, 15) is 50.0 Å². The number of carbonyl (C=O) groups is 1. The third kappa shape index (κ3) is 34.1. The maximum absolute atomic E-state index is 13.3. The summed E-state index contributed by atoms with van der Waals surface area (Å²) in [6, 6.07) is -0.959. The molecule has 2 fully saturated rings. The van der Waals surface area contributed by atoms with E-state index < -0.39 is 94.6 Å². The number of amides is 1. The summed E-state index contributed by atoms with van der Waals surface area (Å²) in [6.45, 7) is 5.23. The number of phosphoric acid groups is 1. The lowest BCUT2D eigenvalue weighted by Crippen LogP contribution is -2.62. The Bertz CT molecular complexity index is 1530. The Morgan fingerprint density at radius 2 is 1.03 bits per heavy atom. The van der Waals surface area contributed by atoms with Crippen LogP contribution in [-0.4, -0.2) is 174 Å². The van der Waals surface area contributed by atoms with Crippen molar-refractivity contribution in [3.05, 3.63) is 12.2 Å². The van der Waals surface area contributed by atoms with E-state index >= 15 is 0 Å². The van der Waals surface area contributed by atoms with Crippen molar-refractivity contribution in [2.24, 2.45) is 5.92 Å². The molecule has 1 amide bonds. The molecule has 456 valence electrons. The number of hydrogen-bond acceptors (Lipinski definition) is 16. The first-order chi connectivity index (χ1) is 36.8. The van der Waals surface area contributed by atoms with Crippen LogP contribution < -0.4 is 10.2 Å². The smallest absolute Gasteiger partial charge is 0.268 e.